The van der Waals surface area contributed by atoms with Gasteiger partial charge in [0.2, 0.25) is 5.91 Å². The molecule has 2 N–H and O–H groups in total. The minimum atomic E-state index is -0.242. The number of benzene rings is 1. The Hall–Kier alpha value is -1.79. The van der Waals surface area contributed by atoms with Crippen molar-refractivity contribution in [3.8, 4) is 0 Å². The van der Waals surface area contributed by atoms with Crippen LogP contribution in [0.2, 0.25) is 0 Å². The molecule has 0 aliphatic heterocycles. The Balaban J connectivity index is 1.85. The smallest absolute Gasteiger partial charge is 0.261 e. The molecule has 0 unspecified atom stereocenters. The minimum absolute atomic E-state index is 0.0414. The number of nitrogens with one attached hydrogen (secondary N) is 2. The van der Waals surface area contributed by atoms with E-state index in [1.54, 1.807) is 23.9 Å². The molecule has 0 fully saturated rings. The fourth-order valence-corrected chi connectivity index (χ4v) is 2.66. The van der Waals surface area contributed by atoms with Gasteiger partial charge in [-0.3, -0.25) is 9.59 Å². The van der Waals surface area contributed by atoms with Crippen LogP contribution in [0.1, 0.15) is 9.67 Å². The Labute approximate surface area is 125 Å². The summed E-state index contributed by atoms with van der Waals surface area (Å²) >= 11 is 2.95. The van der Waals surface area contributed by atoms with Gasteiger partial charge in [-0.05, 0) is 35.9 Å². The predicted octanol–water partition coefficient (Wildman–Crippen LogP) is 2.84. The van der Waals surface area contributed by atoms with Crippen molar-refractivity contribution in [3.05, 3.63) is 46.7 Å². The van der Waals surface area contributed by atoms with Gasteiger partial charge in [-0.1, -0.05) is 12.1 Å². The van der Waals surface area contributed by atoms with E-state index in [0.29, 0.717) is 4.88 Å². The first kappa shape index (κ1) is 14.6. The highest BCUT2D eigenvalue weighted by Gasteiger charge is 2.08. The van der Waals surface area contributed by atoms with Gasteiger partial charge in [-0.2, -0.15) is 0 Å². The van der Waals surface area contributed by atoms with Crippen molar-refractivity contribution in [1.29, 1.82) is 0 Å². The van der Waals surface area contributed by atoms with Crippen LogP contribution in [-0.2, 0) is 4.79 Å². The molecule has 1 aromatic heterocycles. The molecule has 0 atom stereocenters. The van der Waals surface area contributed by atoms with Crippen LogP contribution < -0.4 is 10.6 Å². The van der Waals surface area contributed by atoms with Gasteiger partial charge in [0.05, 0.1) is 11.4 Å². The third kappa shape index (κ3) is 4.11. The maximum absolute atomic E-state index is 11.8. The summed E-state index contributed by atoms with van der Waals surface area (Å²) in [5, 5.41) is 7.16. The molecule has 0 aliphatic carbocycles. The zero-order chi connectivity index (χ0) is 14.4. The lowest BCUT2D eigenvalue weighted by atomic mass is 10.3. The average Bonchev–Trinajstić information content (AvgIpc) is 2.99. The predicted molar refractivity (Wildman–Crippen MR) is 83.5 cm³/mol. The van der Waals surface area contributed by atoms with Crippen molar-refractivity contribution in [2.75, 3.05) is 18.1 Å². The summed E-state index contributed by atoms with van der Waals surface area (Å²) in [6.07, 6.45) is 1.97. The van der Waals surface area contributed by atoms with E-state index in [1.807, 2.05) is 35.9 Å². The number of hydrogen-bond donors (Lipinski definition) is 2. The number of hydrogen-bond acceptors (Lipinski definition) is 4. The van der Waals surface area contributed by atoms with E-state index in [9.17, 15) is 9.59 Å². The molecule has 0 radical (unpaired) electrons. The molecule has 20 heavy (non-hydrogen) atoms. The van der Waals surface area contributed by atoms with E-state index >= 15 is 0 Å². The topological polar surface area (TPSA) is 58.2 Å². The van der Waals surface area contributed by atoms with E-state index in [0.717, 1.165) is 10.6 Å². The highest BCUT2D eigenvalue weighted by atomic mass is 32.2. The fourth-order valence-electron chi connectivity index (χ4n) is 1.56. The van der Waals surface area contributed by atoms with Gasteiger partial charge < -0.3 is 10.6 Å². The molecule has 0 aliphatic rings. The second-order valence-corrected chi connectivity index (χ2v) is 5.77. The lowest BCUT2D eigenvalue weighted by Crippen LogP contribution is -2.32. The zero-order valence-corrected chi connectivity index (χ0v) is 12.5. The Morgan fingerprint density at radius 3 is 2.80 bits per heavy atom. The van der Waals surface area contributed by atoms with Gasteiger partial charge >= 0.3 is 0 Å². The third-order valence-electron chi connectivity index (χ3n) is 2.51. The summed E-state index contributed by atoms with van der Waals surface area (Å²) in [6.45, 7) is -0.0414. The SMILES string of the molecule is CSc1cccc(NC(=O)CNC(=O)c2cccs2)c1. The van der Waals surface area contributed by atoms with Crippen LogP contribution in [0.25, 0.3) is 0 Å². The molecule has 1 heterocycles. The Morgan fingerprint density at radius 1 is 1.25 bits per heavy atom. The molecule has 2 amide bonds. The minimum Gasteiger partial charge on any atom is -0.342 e. The molecule has 2 aromatic rings. The standard InChI is InChI=1S/C14H14N2O2S2/c1-19-11-5-2-4-10(8-11)16-13(17)9-15-14(18)12-6-3-7-20-12/h2-8H,9H2,1H3,(H,15,18)(H,16,17). The van der Waals surface area contributed by atoms with Crippen LogP contribution in [0.3, 0.4) is 0 Å². The number of anilines is 1. The summed E-state index contributed by atoms with van der Waals surface area (Å²) in [6, 6.07) is 11.1. The van der Waals surface area contributed by atoms with Gasteiger partial charge in [0.1, 0.15) is 0 Å². The van der Waals surface area contributed by atoms with E-state index in [-0.39, 0.29) is 18.4 Å². The van der Waals surface area contributed by atoms with Gasteiger partial charge in [0.25, 0.3) is 5.91 Å². The summed E-state index contributed by atoms with van der Waals surface area (Å²) < 4.78 is 0. The molecule has 1 aromatic carbocycles. The van der Waals surface area contributed by atoms with Crippen LogP contribution in [0.15, 0.2) is 46.7 Å². The van der Waals surface area contributed by atoms with Crippen LogP contribution in [0.5, 0.6) is 0 Å². The van der Waals surface area contributed by atoms with Crippen molar-refractivity contribution in [3.63, 3.8) is 0 Å². The molecule has 104 valence electrons. The van der Waals surface area contributed by atoms with Crippen molar-refractivity contribution in [2.45, 2.75) is 4.90 Å². The molecule has 0 bridgehead atoms. The molecule has 2 rings (SSSR count). The number of carbonyl (C=O) groups excluding carboxylic acids is 2. The summed E-state index contributed by atoms with van der Waals surface area (Å²) in [5.41, 5.74) is 0.729. The van der Waals surface area contributed by atoms with Crippen molar-refractivity contribution in [2.24, 2.45) is 0 Å². The molecular formula is C14H14N2O2S2. The molecular weight excluding hydrogens is 292 g/mol. The van der Waals surface area contributed by atoms with Gasteiger partial charge in [-0.15, -0.1) is 23.1 Å². The van der Waals surface area contributed by atoms with Crippen LogP contribution in [0.4, 0.5) is 5.69 Å². The van der Waals surface area contributed by atoms with E-state index in [1.165, 1.54) is 11.3 Å². The molecule has 0 saturated heterocycles. The van der Waals surface area contributed by atoms with Gasteiger partial charge in [0, 0.05) is 10.6 Å². The van der Waals surface area contributed by atoms with E-state index in [4.69, 9.17) is 0 Å². The van der Waals surface area contributed by atoms with Crippen molar-refractivity contribution < 1.29 is 9.59 Å². The highest BCUT2D eigenvalue weighted by molar-refractivity contribution is 7.98. The maximum Gasteiger partial charge on any atom is 0.261 e. The Morgan fingerprint density at radius 2 is 2.10 bits per heavy atom. The monoisotopic (exact) mass is 306 g/mol. The van der Waals surface area contributed by atoms with Gasteiger partial charge in [-0.25, -0.2) is 0 Å². The van der Waals surface area contributed by atoms with Gasteiger partial charge in [0.15, 0.2) is 0 Å². The van der Waals surface area contributed by atoms with E-state index < -0.39 is 0 Å². The average molecular weight is 306 g/mol. The number of carbonyl (C=O) groups is 2. The van der Waals surface area contributed by atoms with Crippen LogP contribution in [-0.4, -0.2) is 24.6 Å². The number of amides is 2. The second kappa shape index (κ2) is 7.12. The fraction of sp³-hybridized carbons (Fsp3) is 0.143. The quantitative estimate of drug-likeness (QED) is 0.835. The molecule has 6 heteroatoms. The summed E-state index contributed by atoms with van der Waals surface area (Å²) in [5.74, 6) is -0.471. The number of thiophene rings is 1. The lowest BCUT2D eigenvalue weighted by Gasteiger charge is -2.07. The Bertz CT molecular complexity index is 597. The molecule has 0 spiro atoms. The zero-order valence-electron chi connectivity index (χ0n) is 10.9. The largest absolute Gasteiger partial charge is 0.342 e. The number of rotatable bonds is 5. The first-order valence-corrected chi connectivity index (χ1v) is 8.05. The first-order chi connectivity index (χ1) is 9.69. The summed E-state index contributed by atoms with van der Waals surface area (Å²) in [7, 11) is 0. The van der Waals surface area contributed by atoms with E-state index in [2.05, 4.69) is 10.6 Å². The Kier molecular flexibility index (Phi) is 5.20. The summed E-state index contributed by atoms with van der Waals surface area (Å²) in [4.78, 5) is 25.1. The third-order valence-corrected chi connectivity index (χ3v) is 4.10. The maximum atomic E-state index is 11.8. The molecule has 0 saturated carbocycles. The lowest BCUT2D eigenvalue weighted by molar-refractivity contribution is -0.115. The molecule has 4 nitrogen and oxygen atoms in total. The van der Waals surface area contributed by atoms with Crippen molar-refractivity contribution >= 4 is 40.6 Å². The van der Waals surface area contributed by atoms with Crippen LogP contribution in [0, 0.1) is 0 Å². The first-order valence-electron chi connectivity index (χ1n) is 5.94. The van der Waals surface area contributed by atoms with Crippen molar-refractivity contribution in [1.82, 2.24) is 5.32 Å². The number of thioether (sulfide) groups is 1. The van der Waals surface area contributed by atoms with Crippen LogP contribution >= 0.6 is 23.1 Å². The highest BCUT2D eigenvalue weighted by Crippen LogP contribution is 2.18. The second-order valence-electron chi connectivity index (χ2n) is 3.94. The normalized spacial score (nSPS) is 10.1.